The molecule has 0 unspecified atom stereocenters. The monoisotopic (exact) mass is 387 g/mol. The highest BCUT2D eigenvalue weighted by Gasteiger charge is 2.23. The van der Waals surface area contributed by atoms with Gasteiger partial charge in [-0.2, -0.15) is 5.21 Å². The zero-order valence-electron chi connectivity index (χ0n) is 12.5. The largest absolute Gasteiger partial charge is 0.351 e. The van der Waals surface area contributed by atoms with Crippen molar-refractivity contribution in [2.75, 3.05) is 4.90 Å². The molecule has 24 heavy (non-hydrogen) atoms. The van der Waals surface area contributed by atoms with Crippen LogP contribution in [0.1, 0.15) is 5.56 Å². The topological polar surface area (TPSA) is 127 Å². The number of halogens is 1. The number of para-hydroxylation sites is 1. The summed E-state index contributed by atoms with van der Waals surface area (Å²) in [5, 5.41) is 14.0. The highest BCUT2D eigenvalue weighted by molar-refractivity contribution is 9.10. The molecule has 0 radical (unpaired) electrons. The highest BCUT2D eigenvalue weighted by Crippen LogP contribution is 2.36. The van der Waals surface area contributed by atoms with Crippen molar-refractivity contribution in [3.05, 3.63) is 52.5 Å². The predicted octanol–water partition coefficient (Wildman–Crippen LogP) is 2.30. The van der Waals surface area contributed by atoms with Gasteiger partial charge in [-0.3, -0.25) is 4.90 Å². The number of benzene rings is 2. The van der Waals surface area contributed by atoms with E-state index in [1.54, 1.807) is 24.3 Å². The van der Waals surface area contributed by atoms with Crippen molar-refractivity contribution >= 4 is 33.3 Å². The van der Waals surface area contributed by atoms with Gasteiger partial charge in [0.05, 0.1) is 11.4 Å². The number of urea groups is 1. The first-order valence-corrected chi connectivity index (χ1v) is 7.82. The number of hydrogen-bond acceptors (Lipinski definition) is 5. The Morgan fingerprint density at radius 2 is 2.00 bits per heavy atom. The van der Waals surface area contributed by atoms with Crippen LogP contribution in [0.5, 0.6) is 0 Å². The Hall–Kier alpha value is -2.78. The Morgan fingerprint density at radius 1 is 1.21 bits per heavy atom. The first-order chi connectivity index (χ1) is 11.6. The number of anilines is 2. The van der Waals surface area contributed by atoms with Crippen molar-refractivity contribution in [1.82, 2.24) is 20.6 Å². The van der Waals surface area contributed by atoms with E-state index in [2.05, 4.69) is 36.6 Å². The van der Waals surface area contributed by atoms with E-state index >= 15 is 0 Å². The van der Waals surface area contributed by atoms with Crippen LogP contribution in [-0.2, 0) is 6.54 Å². The molecular weight excluding hydrogens is 374 g/mol. The molecule has 0 aliphatic heterocycles. The number of primary amides is 1. The second-order valence-corrected chi connectivity index (χ2v) is 5.82. The number of aromatic nitrogens is 4. The second kappa shape index (κ2) is 6.77. The van der Waals surface area contributed by atoms with Gasteiger partial charge in [0.15, 0.2) is 0 Å². The average molecular weight is 388 g/mol. The molecule has 3 aromatic rings. The molecule has 122 valence electrons. The van der Waals surface area contributed by atoms with Gasteiger partial charge in [-0.05, 0) is 35.0 Å². The number of hydrogen-bond donors (Lipinski definition) is 3. The second-order valence-electron chi connectivity index (χ2n) is 4.90. The van der Waals surface area contributed by atoms with Crippen LogP contribution in [0, 0.1) is 0 Å². The Balaban J connectivity index is 2.23. The Bertz CT molecular complexity index is 866. The van der Waals surface area contributed by atoms with Crippen LogP contribution in [-0.4, -0.2) is 26.7 Å². The molecule has 8 nitrogen and oxygen atoms in total. The summed E-state index contributed by atoms with van der Waals surface area (Å²) in [6.45, 7) is 0.272. The van der Waals surface area contributed by atoms with E-state index in [1.165, 1.54) is 4.90 Å². The maximum atomic E-state index is 12.2. The quantitative estimate of drug-likeness (QED) is 0.632. The third-order valence-electron chi connectivity index (χ3n) is 3.46. The number of amides is 2. The maximum Gasteiger partial charge on any atom is 0.323 e. The molecule has 0 bridgehead atoms. The molecule has 9 heteroatoms. The number of nitrogens with zero attached hydrogens (tertiary/aromatic N) is 4. The fourth-order valence-electron chi connectivity index (χ4n) is 2.43. The maximum absolute atomic E-state index is 12.2. The van der Waals surface area contributed by atoms with Crippen molar-refractivity contribution in [3.8, 4) is 11.4 Å². The molecule has 1 aromatic heterocycles. The molecule has 0 spiro atoms. The lowest BCUT2D eigenvalue weighted by atomic mass is 10.1. The molecule has 0 fully saturated rings. The van der Waals surface area contributed by atoms with Crippen molar-refractivity contribution in [1.29, 1.82) is 0 Å². The minimum absolute atomic E-state index is 0.272. The summed E-state index contributed by atoms with van der Waals surface area (Å²) in [4.78, 5) is 13.6. The van der Waals surface area contributed by atoms with Gasteiger partial charge in [0.2, 0.25) is 5.82 Å². The summed E-state index contributed by atoms with van der Waals surface area (Å²) in [5.74, 6) is 0.350. The summed E-state index contributed by atoms with van der Waals surface area (Å²) in [5.41, 5.74) is 14.0. The molecule has 0 saturated heterocycles. The van der Waals surface area contributed by atoms with Crippen LogP contribution in [0.15, 0.2) is 46.9 Å². The smallest absolute Gasteiger partial charge is 0.323 e. The Labute approximate surface area is 146 Å². The van der Waals surface area contributed by atoms with Crippen LogP contribution in [0.25, 0.3) is 11.4 Å². The van der Waals surface area contributed by atoms with Crippen molar-refractivity contribution in [2.45, 2.75) is 6.54 Å². The van der Waals surface area contributed by atoms with Gasteiger partial charge >= 0.3 is 6.03 Å². The zero-order chi connectivity index (χ0) is 17.1. The van der Waals surface area contributed by atoms with Crippen LogP contribution in [0.4, 0.5) is 16.2 Å². The predicted molar refractivity (Wildman–Crippen MR) is 93.4 cm³/mol. The van der Waals surface area contributed by atoms with Crippen LogP contribution in [0.2, 0.25) is 0 Å². The van der Waals surface area contributed by atoms with E-state index < -0.39 is 6.03 Å². The molecule has 1 heterocycles. The molecule has 0 aliphatic carbocycles. The van der Waals surface area contributed by atoms with Crippen molar-refractivity contribution in [3.63, 3.8) is 0 Å². The molecular formula is C15H14BrN7O. The summed E-state index contributed by atoms with van der Waals surface area (Å²) >= 11 is 3.41. The van der Waals surface area contributed by atoms with E-state index in [0.29, 0.717) is 22.8 Å². The SMILES string of the molecule is NCc1ccccc1N(C(N)=O)c1ccc(Br)cc1-c1nn[nH]n1. The van der Waals surface area contributed by atoms with E-state index in [9.17, 15) is 4.79 Å². The normalized spacial score (nSPS) is 10.6. The fourth-order valence-corrected chi connectivity index (χ4v) is 2.79. The lowest BCUT2D eigenvalue weighted by Gasteiger charge is -2.25. The number of nitrogens with one attached hydrogen (secondary N) is 1. The van der Waals surface area contributed by atoms with Crippen molar-refractivity contribution < 1.29 is 4.79 Å². The standard InChI is InChI=1S/C15H14BrN7O/c16-10-5-6-13(11(7-10)14-19-21-22-20-14)23(15(18)24)12-4-2-1-3-9(12)8-17/h1-7H,8,17H2,(H2,18,24)(H,19,20,21,22). The molecule has 2 aromatic carbocycles. The van der Waals surface area contributed by atoms with Crippen LogP contribution in [0.3, 0.4) is 0 Å². The third kappa shape index (κ3) is 2.99. The van der Waals surface area contributed by atoms with Gasteiger partial charge in [0, 0.05) is 16.6 Å². The van der Waals surface area contributed by atoms with Crippen LogP contribution < -0.4 is 16.4 Å². The van der Waals surface area contributed by atoms with Gasteiger partial charge < -0.3 is 11.5 Å². The number of H-pyrrole nitrogens is 1. The molecule has 5 N–H and O–H groups in total. The number of tetrazole rings is 1. The average Bonchev–Trinajstić information content (AvgIpc) is 3.11. The van der Waals surface area contributed by atoms with E-state index in [-0.39, 0.29) is 6.54 Å². The summed E-state index contributed by atoms with van der Waals surface area (Å²) in [6, 6.07) is 12.0. The first kappa shape index (κ1) is 16.1. The Kier molecular flexibility index (Phi) is 4.54. The summed E-state index contributed by atoms with van der Waals surface area (Å²) < 4.78 is 0.808. The van der Waals surface area contributed by atoms with Crippen LogP contribution >= 0.6 is 15.9 Å². The number of rotatable bonds is 4. The van der Waals surface area contributed by atoms with Gasteiger partial charge in [0.1, 0.15) is 0 Å². The zero-order valence-corrected chi connectivity index (χ0v) is 14.1. The number of nitrogens with two attached hydrogens (primary N) is 2. The van der Waals surface area contributed by atoms with E-state index in [4.69, 9.17) is 11.5 Å². The lowest BCUT2D eigenvalue weighted by molar-refractivity contribution is 0.256. The van der Waals surface area contributed by atoms with E-state index in [0.717, 1.165) is 10.0 Å². The van der Waals surface area contributed by atoms with Crippen molar-refractivity contribution in [2.24, 2.45) is 11.5 Å². The fraction of sp³-hybridized carbons (Fsp3) is 0.0667. The van der Waals surface area contributed by atoms with Gasteiger partial charge in [-0.25, -0.2) is 4.79 Å². The van der Waals surface area contributed by atoms with E-state index in [1.807, 2.05) is 18.2 Å². The number of aromatic amines is 1. The summed E-state index contributed by atoms with van der Waals surface area (Å²) in [6.07, 6.45) is 0. The molecule has 0 atom stereocenters. The van der Waals surface area contributed by atoms with Gasteiger partial charge in [0.25, 0.3) is 0 Å². The number of carbonyl (C=O) groups excluding carboxylic acids is 1. The van der Waals surface area contributed by atoms with Gasteiger partial charge in [-0.15, -0.1) is 10.2 Å². The minimum Gasteiger partial charge on any atom is -0.351 e. The van der Waals surface area contributed by atoms with Gasteiger partial charge in [-0.1, -0.05) is 34.1 Å². The first-order valence-electron chi connectivity index (χ1n) is 7.02. The molecule has 0 saturated carbocycles. The third-order valence-corrected chi connectivity index (χ3v) is 3.95. The molecule has 2 amide bonds. The molecule has 3 rings (SSSR count). The minimum atomic E-state index is -0.636. The Morgan fingerprint density at radius 3 is 2.67 bits per heavy atom. The number of carbonyl (C=O) groups is 1. The molecule has 0 aliphatic rings. The lowest BCUT2D eigenvalue weighted by Crippen LogP contribution is -2.32. The highest BCUT2D eigenvalue weighted by atomic mass is 79.9. The summed E-state index contributed by atoms with van der Waals surface area (Å²) in [7, 11) is 0.